The Balaban J connectivity index is 1.33. The molecule has 2 aromatic rings. The third kappa shape index (κ3) is 3.54. The van der Waals surface area contributed by atoms with E-state index in [0.29, 0.717) is 37.0 Å². The first-order valence-corrected chi connectivity index (χ1v) is 9.81. The van der Waals surface area contributed by atoms with Crippen molar-refractivity contribution in [3.8, 4) is 0 Å². The van der Waals surface area contributed by atoms with Crippen molar-refractivity contribution in [2.24, 2.45) is 0 Å². The second kappa shape index (κ2) is 6.81. The van der Waals surface area contributed by atoms with Crippen LogP contribution in [0.2, 0.25) is 0 Å². The lowest BCUT2D eigenvalue weighted by Crippen LogP contribution is -2.45. The monoisotopic (exact) mass is 399 g/mol. The fourth-order valence-corrected chi connectivity index (χ4v) is 4.82. The van der Waals surface area contributed by atoms with E-state index in [1.165, 1.54) is 0 Å². The standard InChI is InChI=1S/C17H20F3N5OS/c1-10-8-12(14-21-4-7-25(10)14)22-16(26)24-5-2-11(3-6-24)15-23-13(9-27-15)17(18,19)20/h4,7,9-12H,2-3,5-6,8H2,1H3,(H,22,26)/t10-,12-/m0/s1. The minimum Gasteiger partial charge on any atom is -0.330 e. The molecule has 4 heterocycles. The number of alkyl halides is 3. The van der Waals surface area contributed by atoms with Gasteiger partial charge in [-0.25, -0.2) is 14.8 Å². The SMILES string of the molecule is C[C@H]1C[C@H](NC(=O)N2CCC(c3nc(C(F)(F)F)cs3)CC2)c2nccn21. The molecule has 27 heavy (non-hydrogen) atoms. The van der Waals surface area contributed by atoms with Gasteiger partial charge in [0, 0.05) is 42.8 Å². The second-order valence-electron chi connectivity index (χ2n) is 7.11. The fourth-order valence-electron chi connectivity index (χ4n) is 3.83. The number of amides is 2. The third-order valence-electron chi connectivity index (χ3n) is 5.30. The molecule has 2 atom stereocenters. The molecule has 6 nitrogen and oxygen atoms in total. The van der Waals surface area contributed by atoms with E-state index in [4.69, 9.17) is 0 Å². The Morgan fingerprint density at radius 3 is 2.74 bits per heavy atom. The van der Waals surface area contributed by atoms with Gasteiger partial charge >= 0.3 is 12.2 Å². The van der Waals surface area contributed by atoms with E-state index < -0.39 is 11.9 Å². The number of imidazole rings is 1. The Labute approximate surface area is 158 Å². The number of nitrogens with one attached hydrogen (secondary N) is 1. The van der Waals surface area contributed by atoms with E-state index in [-0.39, 0.29) is 18.0 Å². The summed E-state index contributed by atoms with van der Waals surface area (Å²) in [7, 11) is 0. The number of rotatable bonds is 2. The molecule has 1 N–H and O–H groups in total. The first-order valence-electron chi connectivity index (χ1n) is 8.93. The number of fused-ring (bicyclic) bond motifs is 1. The zero-order valence-electron chi connectivity index (χ0n) is 14.7. The molecule has 10 heteroatoms. The number of hydrogen-bond acceptors (Lipinski definition) is 4. The molecule has 0 spiro atoms. The molecule has 0 aromatic carbocycles. The molecule has 146 valence electrons. The maximum Gasteiger partial charge on any atom is 0.434 e. The van der Waals surface area contributed by atoms with Crippen molar-refractivity contribution >= 4 is 17.4 Å². The van der Waals surface area contributed by atoms with Crippen LogP contribution in [-0.4, -0.2) is 38.6 Å². The number of hydrogen-bond donors (Lipinski definition) is 1. The summed E-state index contributed by atoms with van der Waals surface area (Å²) in [6, 6.07) is 0.0528. The van der Waals surface area contributed by atoms with Gasteiger partial charge in [-0.2, -0.15) is 13.2 Å². The number of halogens is 3. The van der Waals surface area contributed by atoms with Gasteiger partial charge in [0.1, 0.15) is 5.82 Å². The van der Waals surface area contributed by atoms with Gasteiger partial charge < -0.3 is 14.8 Å². The molecular weight excluding hydrogens is 379 g/mol. The van der Waals surface area contributed by atoms with Crippen LogP contribution in [0.5, 0.6) is 0 Å². The van der Waals surface area contributed by atoms with Crippen molar-refractivity contribution < 1.29 is 18.0 Å². The van der Waals surface area contributed by atoms with Gasteiger partial charge in [0.25, 0.3) is 0 Å². The number of carbonyl (C=O) groups excluding carboxylic acids is 1. The maximum atomic E-state index is 12.7. The minimum absolute atomic E-state index is 0.0273. The number of likely N-dealkylation sites (tertiary alicyclic amines) is 1. The van der Waals surface area contributed by atoms with Gasteiger partial charge in [0.2, 0.25) is 0 Å². The molecule has 1 saturated heterocycles. The lowest BCUT2D eigenvalue weighted by Gasteiger charge is -2.32. The van der Waals surface area contributed by atoms with E-state index in [9.17, 15) is 18.0 Å². The van der Waals surface area contributed by atoms with E-state index >= 15 is 0 Å². The Morgan fingerprint density at radius 2 is 2.07 bits per heavy atom. The van der Waals surface area contributed by atoms with Gasteiger partial charge in [-0.05, 0) is 26.2 Å². The topological polar surface area (TPSA) is 63.1 Å². The van der Waals surface area contributed by atoms with Crippen LogP contribution in [0, 0.1) is 0 Å². The molecule has 0 saturated carbocycles. The number of aromatic nitrogens is 3. The Kier molecular flexibility index (Phi) is 4.61. The van der Waals surface area contributed by atoms with Crippen LogP contribution in [0.1, 0.15) is 60.7 Å². The Morgan fingerprint density at radius 1 is 1.33 bits per heavy atom. The highest BCUT2D eigenvalue weighted by molar-refractivity contribution is 7.09. The largest absolute Gasteiger partial charge is 0.434 e. The van der Waals surface area contributed by atoms with Crippen molar-refractivity contribution in [1.82, 2.24) is 24.8 Å². The first kappa shape index (κ1) is 18.3. The fraction of sp³-hybridized carbons (Fsp3) is 0.588. The summed E-state index contributed by atoms with van der Waals surface area (Å²) in [6.07, 6.45) is 1.30. The number of thiazole rings is 1. The zero-order chi connectivity index (χ0) is 19.2. The maximum absolute atomic E-state index is 12.7. The smallest absolute Gasteiger partial charge is 0.330 e. The van der Waals surface area contributed by atoms with Crippen molar-refractivity contribution in [3.63, 3.8) is 0 Å². The first-order chi connectivity index (χ1) is 12.8. The molecule has 4 rings (SSSR count). The Bertz CT molecular complexity index is 825. The van der Waals surface area contributed by atoms with Crippen LogP contribution in [0.25, 0.3) is 0 Å². The minimum atomic E-state index is -4.40. The number of carbonyl (C=O) groups is 1. The highest BCUT2D eigenvalue weighted by atomic mass is 32.1. The lowest BCUT2D eigenvalue weighted by atomic mass is 9.98. The highest BCUT2D eigenvalue weighted by Gasteiger charge is 2.36. The van der Waals surface area contributed by atoms with Crippen LogP contribution in [0.3, 0.4) is 0 Å². The average molecular weight is 399 g/mol. The van der Waals surface area contributed by atoms with Gasteiger partial charge in [-0.15, -0.1) is 11.3 Å². The molecule has 2 amide bonds. The molecular formula is C17H20F3N5OS. The summed E-state index contributed by atoms with van der Waals surface area (Å²) in [4.78, 5) is 22.4. The zero-order valence-corrected chi connectivity index (χ0v) is 15.6. The summed E-state index contributed by atoms with van der Waals surface area (Å²) in [5.74, 6) is 0.841. The molecule has 0 bridgehead atoms. The van der Waals surface area contributed by atoms with E-state index in [1.807, 2.05) is 6.20 Å². The molecule has 0 aliphatic carbocycles. The average Bonchev–Trinajstić information content (AvgIpc) is 3.34. The quantitative estimate of drug-likeness (QED) is 0.832. The van der Waals surface area contributed by atoms with Crippen LogP contribution in [0.15, 0.2) is 17.8 Å². The Hall–Kier alpha value is -2.10. The van der Waals surface area contributed by atoms with Crippen LogP contribution in [0.4, 0.5) is 18.0 Å². The molecule has 1 fully saturated rings. The van der Waals surface area contributed by atoms with Gasteiger partial charge in [-0.1, -0.05) is 0 Å². The lowest BCUT2D eigenvalue weighted by molar-refractivity contribution is -0.140. The van der Waals surface area contributed by atoms with E-state index in [0.717, 1.165) is 29.0 Å². The van der Waals surface area contributed by atoms with Gasteiger partial charge in [0.15, 0.2) is 5.69 Å². The molecule has 0 radical (unpaired) electrons. The molecule has 2 aliphatic heterocycles. The van der Waals surface area contributed by atoms with E-state index in [2.05, 4.69) is 26.8 Å². The van der Waals surface area contributed by atoms with Crippen molar-refractivity contribution in [2.75, 3.05) is 13.1 Å². The summed E-state index contributed by atoms with van der Waals surface area (Å²) in [5, 5.41) is 4.62. The molecule has 2 aromatic heterocycles. The molecule has 2 aliphatic rings. The number of urea groups is 1. The van der Waals surface area contributed by atoms with Crippen LogP contribution >= 0.6 is 11.3 Å². The predicted octanol–water partition coefficient (Wildman–Crippen LogP) is 3.95. The van der Waals surface area contributed by atoms with Crippen molar-refractivity contribution in [3.05, 3.63) is 34.3 Å². The predicted molar refractivity (Wildman–Crippen MR) is 93.5 cm³/mol. The summed E-state index contributed by atoms with van der Waals surface area (Å²) in [6.45, 7) is 3.11. The van der Waals surface area contributed by atoms with Gasteiger partial charge in [0.05, 0.1) is 11.0 Å². The van der Waals surface area contributed by atoms with Crippen molar-refractivity contribution in [2.45, 2.75) is 50.4 Å². The highest BCUT2D eigenvalue weighted by Crippen LogP contribution is 2.36. The van der Waals surface area contributed by atoms with E-state index in [1.54, 1.807) is 11.1 Å². The van der Waals surface area contributed by atoms with Crippen LogP contribution < -0.4 is 5.32 Å². The molecule has 0 unspecified atom stereocenters. The van der Waals surface area contributed by atoms with Gasteiger partial charge in [-0.3, -0.25) is 0 Å². The third-order valence-corrected chi connectivity index (χ3v) is 6.31. The number of piperidine rings is 1. The van der Waals surface area contributed by atoms with Crippen molar-refractivity contribution in [1.29, 1.82) is 0 Å². The normalized spacial score (nSPS) is 23.5. The second-order valence-corrected chi connectivity index (χ2v) is 8.00. The number of nitrogens with zero attached hydrogens (tertiary/aromatic N) is 4. The van der Waals surface area contributed by atoms with Crippen LogP contribution in [-0.2, 0) is 6.18 Å². The summed E-state index contributed by atoms with van der Waals surface area (Å²) in [5.41, 5.74) is -0.825. The summed E-state index contributed by atoms with van der Waals surface area (Å²) >= 11 is 1.05. The summed E-state index contributed by atoms with van der Waals surface area (Å²) < 4.78 is 40.2.